The first-order valence-corrected chi connectivity index (χ1v) is 8.10. The summed E-state index contributed by atoms with van der Waals surface area (Å²) in [4.78, 5) is 2.56. The second-order valence-electron chi connectivity index (χ2n) is 6.17. The van der Waals surface area contributed by atoms with Gasteiger partial charge in [0.1, 0.15) is 5.82 Å². The standard InChI is InChI=1S/C17H25FN2O/c1-2-17(13-5-7-14(18)8-6-13)19-10-16-11-20-9-3-4-15(20)12-21-16/h5-8,15-17,19H,2-4,9-12H2,1H3. The summed E-state index contributed by atoms with van der Waals surface area (Å²) in [5.41, 5.74) is 1.15. The minimum atomic E-state index is -0.177. The van der Waals surface area contributed by atoms with Crippen molar-refractivity contribution in [2.45, 2.75) is 44.4 Å². The number of rotatable bonds is 5. The number of morpholine rings is 1. The van der Waals surface area contributed by atoms with Gasteiger partial charge in [-0.15, -0.1) is 0 Å². The molecule has 0 radical (unpaired) electrons. The average molecular weight is 292 g/mol. The second kappa shape index (κ2) is 6.86. The maximum atomic E-state index is 13.0. The molecule has 2 saturated heterocycles. The van der Waals surface area contributed by atoms with Gasteiger partial charge in [0.25, 0.3) is 0 Å². The number of nitrogens with one attached hydrogen (secondary N) is 1. The number of nitrogens with zero attached hydrogens (tertiary/aromatic N) is 1. The van der Waals surface area contributed by atoms with E-state index in [-0.39, 0.29) is 18.0 Å². The second-order valence-corrected chi connectivity index (χ2v) is 6.17. The smallest absolute Gasteiger partial charge is 0.123 e. The van der Waals surface area contributed by atoms with Crippen molar-refractivity contribution in [3.05, 3.63) is 35.6 Å². The predicted molar refractivity (Wildman–Crippen MR) is 81.8 cm³/mol. The van der Waals surface area contributed by atoms with Crippen molar-refractivity contribution in [3.8, 4) is 0 Å². The van der Waals surface area contributed by atoms with Crippen LogP contribution in [0.15, 0.2) is 24.3 Å². The van der Waals surface area contributed by atoms with Crippen LogP contribution < -0.4 is 5.32 Å². The van der Waals surface area contributed by atoms with Crippen LogP contribution in [0.2, 0.25) is 0 Å². The van der Waals surface area contributed by atoms with Crippen LogP contribution in [0.4, 0.5) is 4.39 Å². The molecule has 0 aromatic heterocycles. The molecule has 0 spiro atoms. The molecular weight excluding hydrogens is 267 g/mol. The lowest BCUT2D eigenvalue weighted by Crippen LogP contribution is -2.49. The SMILES string of the molecule is CCC(NCC1CN2CCCC2CO1)c1ccc(F)cc1. The fraction of sp³-hybridized carbons (Fsp3) is 0.647. The van der Waals surface area contributed by atoms with Gasteiger partial charge in [-0.2, -0.15) is 0 Å². The molecule has 2 fully saturated rings. The molecule has 0 aliphatic carbocycles. The minimum Gasteiger partial charge on any atom is -0.374 e. The van der Waals surface area contributed by atoms with Gasteiger partial charge in [0.05, 0.1) is 12.7 Å². The van der Waals surface area contributed by atoms with Gasteiger partial charge in [-0.1, -0.05) is 19.1 Å². The maximum Gasteiger partial charge on any atom is 0.123 e. The molecule has 0 amide bonds. The van der Waals surface area contributed by atoms with E-state index >= 15 is 0 Å². The van der Waals surface area contributed by atoms with Crippen molar-refractivity contribution in [2.75, 3.05) is 26.2 Å². The fourth-order valence-electron chi connectivity index (χ4n) is 3.48. The van der Waals surface area contributed by atoms with Gasteiger partial charge in [0.15, 0.2) is 0 Å². The van der Waals surface area contributed by atoms with Crippen LogP contribution in [0, 0.1) is 5.82 Å². The van der Waals surface area contributed by atoms with E-state index in [1.807, 2.05) is 12.1 Å². The molecule has 3 unspecified atom stereocenters. The number of benzene rings is 1. The zero-order valence-corrected chi connectivity index (χ0v) is 12.7. The van der Waals surface area contributed by atoms with E-state index in [1.54, 1.807) is 0 Å². The summed E-state index contributed by atoms with van der Waals surface area (Å²) in [6.07, 6.45) is 3.85. The Morgan fingerprint density at radius 1 is 1.38 bits per heavy atom. The molecule has 0 saturated carbocycles. The summed E-state index contributed by atoms with van der Waals surface area (Å²) in [5.74, 6) is -0.177. The third kappa shape index (κ3) is 3.62. The first-order valence-electron chi connectivity index (χ1n) is 8.10. The van der Waals surface area contributed by atoms with E-state index in [2.05, 4.69) is 17.1 Å². The Morgan fingerprint density at radius 3 is 2.95 bits per heavy atom. The summed E-state index contributed by atoms with van der Waals surface area (Å²) in [6, 6.07) is 7.73. The van der Waals surface area contributed by atoms with Crippen LogP contribution in [0.1, 0.15) is 37.8 Å². The minimum absolute atomic E-state index is 0.177. The first-order chi connectivity index (χ1) is 10.3. The molecular formula is C17H25FN2O. The van der Waals surface area contributed by atoms with Crippen LogP contribution in [-0.2, 0) is 4.74 Å². The van der Waals surface area contributed by atoms with Gasteiger partial charge in [-0.25, -0.2) is 4.39 Å². The Balaban J connectivity index is 1.52. The van der Waals surface area contributed by atoms with E-state index in [9.17, 15) is 4.39 Å². The summed E-state index contributed by atoms with van der Waals surface area (Å²) < 4.78 is 19.0. The molecule has 3 nitrogen and oxygen atoms in total. The Kier molecular flexibility index (Phi) is 4.88. The summed E-state index contributed by atoms with van der Waals surface area (Å²) in [6.45, 7) is 6.15. The molecule has 1 aromatic carbocycles. The third-order valence-corrected chi connectivity index (χ3v) is 4.73. The van der Waals surface area contributed by atoms with E-state index in [0.29, 0.717) is 6.04 Å². The molecule has 4 heteroatoms. The van der Waals surface area contributed by atoms with Crippen molar-refractivity contribution in [2.24, 2.45) is 0 Å². The highest BCUT2D eigenvalue weighted by molar-refractivity contribution is 5.19. The molecule has 3 atom stereocenters. The zero-order chi connectivity index (χ0) is 14.7. The van der Waals surface area contributed by atoms with Crippen molar-refractivity contribution >= 4 is 0 Å². The van der Waals surface area contributed by atoms with Gasteiger partial charge < -0.3 is 10.1 Å². The first kappa shape index (κ1) is 14.9. The Hall–Kier alpha value is -0.970. The number of halogens is 1. The van der Waals surface area contributed by atoms with Crippen LogP contribution in [0.3, 0.4) is 0 Å². The van der Waals surface area contributed by atoms with E-state index in [0.717, 1.165) is 31.7 Å². The normalized spacial score (nSPS) is 27.5. The lowest BCUT2D eigenvalue weighted by atomic mass is 10.0. The van der Waals surface area contributed by atoms with Gasteiger partial charge in [0, 0.05) is 25.2 Å². The Morgan fingerprint density at radius 2 is 2.19 bits per heavy atom. The number of hydrogen-bond donors (Lipinski definition) is 1. The fourth-order valence-corrected chi connectivity index (χ4v) is 3.48. The van der Waals surface area contributed by atoms with E-state index in [4.69, 9.17) is 4.74 Å². The molecule has 2 aliphatic heterocycles. The van der Waals surface area contributed by atoms with Crippen LogP contribution in [-0.4, -0.2) is 43.3 Å². The number of ether oxygens (including phenoxy) is 1. The lowest BCUT2D eigenvalue weighted by molar-refractivity contribution is -0.0479. The largest absolute Gasteiger partial charge is 0.374 e. The molecule has 3 rings (SSSR count). The maximum absolute atomic E-state index is 13.0. The summed E-state index contributed by atoms with van der Waals surface area (Å²) >= 11 is 0. The Labute approximate surface area is 126 Å². The van der Waals surface area contributed by atoms with Crippen LogP contribution in [0.25, 0.3) is 0 Å². The molecule has 1 N–H and O–H groups in total. The predicted octanol–water partition coefficient (Wildman–Crippen LogP) is 2.73. The number of fused-ring (bicyclic) bond motifs is 1. The lowest BCUT2D eigenvalue weighted by Gasteiger charge is -2.36. The molecule has 2 heterocycles. The van der Waals surface area contributed by atoms with Gasteiger partial charge in [-0.3, -0.25) is 4.90 Å². The zero-order valence-electron chi connectivity index (χ0n) is 12.7. The monoisotopic (exact) mass is 292 g/mol. The van der Waals surface area contributed by atoms with Crippen LogP contribution in [0.5, 0.6) is 0 Å². The van der Waals surface area contributed by atoms with Crippen molar-refractivity contribution in [3.63, 3.8) is 0 Å². The highest BCUT2D eigenvalue weighted by Gasteiger charge is 2.32. The number of hydrogen-bond acceptors (Lipinski definition) is 3. The summed E-state index contributed by atoms with van der Waals surface area (Å²) in [5, 5.41) is 3.58. The average Bonchev–Trinajstić information content (AvgIpc) is 2.97. The van der Waals surface area contributed by atoms with E-state index < -0.39 is 0 Å². The third-order valence-electron chi connectivity index (χ3n) is 4.73. The van der Waals surface area contributed by atoms with Crippen molar-refractivity contribution in [1.82, 2.24) is 10.2 Å². The summed E-state index contributed by atoms with van der Waals surface area (Å²) in [7, 11) is 0. The van der Waals surface area contributed by atoms with Crippen molar-refractivity contribution in [1.29, 1.82) is 0 Å². The van der Waals surface area contributed by atoms with Gasteiger partial charge in [0.2, 0.25) is 0 Å². The van der Waals surface area contributed by atoms with Crippen LogP contribution >= 0.6 is 0 Å². The highest BCUT2D eigenvalue weighted by Crippen LogP contribution is 2.23. The molecule has 116 valence electrons. The van der Waals surface area contributed by atoms with E-state index in [1.165, 1.54) is 31.5 Å². The quantitative estimate of drug-likeness (QED) is 0.903. The molecule has 1 aromatic rings. The molecule has 21 heavy (non-hydrogen) atoms. The highest BCUT2D eigenvalue weighted by atomic mass is 19.1. The van der Waals surface area contributed by atoms with Gasteiger partial charge in [-0.05, 0) is 43.5 Å². The molecule has 0 bridgehead atoms. The van der Waals surface area contributed by atoms with Gasteiger partial charge >= 0.3 is 0 Å². The van der Waals surface area contributed by atoms with Crippen molar-refractivity contribution < 1.29 is 9.13 Å². The Bertz CT molecular complexity index is 451. The topological polar surface area (TPSA) is 24.5 Å². The molecule has 2 aliphatic rings.